The Morgan fingerprint density at radius 2 is 1.94 bits per heavy atom. The van der Waals surface area contributed by atoms with E-state index in [1.54, 1.807) is 24.5 Å². The van der Waals surface area contributed by atoms with Crippen molar-refractivity contribution in [3.63, 3.8) is 0 Å². The van der Waals surface area contributed by atoms with Gasteiger partial charge in [-0.05, 0) is 56.7 Å². The summed E-state index contributed by atoms with van der Waals surface area (Å²) in [6.45, 7) is 5.14. The predicted octanol–water partition coefficient (Wildman–Crippen LogP) is 2.35. The van der Waals surface area contributed by atoms with Crippen LogP contribution in [-0.4, -0.2) is 56.9 Å². The monoisotopic (exact) mass is 430 g/mol. The fourth-order valence-corrected chi connectivity index (χ4v) is 4.89. The van der Waals surface area contributed by atoms with Crippen LogP contribution in [0, 0.1) is 0 Å². The van der Waals surface area contributed by atoms with E-state index < -0.39 is 5.54 Å². The molecule has 0 aromatic carbocycles. The molecule has 2 aliphatic heterocycles. The zero-order valence-electron chi connectivity index (χ0n) is 18.2. The molecular weight excluding hydrogens is 404 g/mol. The first-order valence-corrected chi connectivity index (χ1v) is 10.9. The number of rotatable bonds is 4. The Labute approximate surface area is 186 Å². The SMILES string of the molecule is CC(C)NC(=O)CN1c2cccnc2-n2cccc2[C@]12CCN(C(=O)c1ccccn1)C2. The summed E-state index contributed by atoms with van der Waals surface area (Å²) >= 11 is 0. The molecule has 1 atom stereocenters. The first-order valence-electron chi connectivity index (χ1n) is 10.9. The van der Waals surface area contributed by atoms with E-state index in [1.165, 1.54) is 0 Å². The number of nitrogens with one attached hydrogen (secondary N) is 1. The summed E-state index contributed by atoms with van der Waals surface area (Å²) in [6.07, 6.45) is 6.10. The van der Waals surface area contributed by atoms with Gasteiger partial charge in [0.2, 0.25) is 5.91 Å². The zero-order chi connectivity index (χ0) is 22.3. The van der Waals surface area contributed by atoms with Gasteiger partial charge in [0, 0.05) is 37.7 Å². The van der Waals surface area contributed by atoms with Gasteiger partial charge < -0.3 is 19.7 Å². The molecular formula is C24H26N6O2. The molecule has 2 aliphatic rings. The van der Waals surface area contributed by atoms with E-state index >= 15 is 0 Å². The summed E-state index contributed by atoms with van der Waals surface area (Å²) in [5.41, 5.74) is 1.83. The minimum absolute atomic E-state index is 0.0475. The highest BCUT2D eigenvalue weighted by Gasteiger charge is 2.51. The highest BCUT2D eigenvalue weighted by molar-refractivity contribution is 5.93. The lowest BCUT2D eigenvalue weighted by molar-refractivity contribution is -0.120. The van der Waals surface area contributed by atoms with Crippen molar-refractivity contribution >= 4 is 17.5 Å². The number of aromatic nitrogens is 3. The number of fused-ring (bicyclic) bond motifs is 4. The Morgan fingerprint density at radius 1 is 1.09 bits per heavy atom. The Morgan fingerprint density at radius 3 is 2.72 bits per heavy atom. The van der Waals surface area contributed by atoms with Crippen LogP contribution >= 0.6 is 0 Å². The van der Waals surface area contributed by atoms with Gasteiger partial charge in [-0.25, -0.2) is 4.98 Å². The Balaban J connectivity index is 1.56. The van der Waals surface area contributed by atoms with Crippen LogP contribution in [0.2, 0.25) is 0 Å². The topological polar surface area (TPSA) is 83.4 Å². The molecule has 0 aliphatic carbocycles. The lowest BCUT2D eigenvalue weighted by Gasteiger charge is -2.46. The molecule has 32 heavy (non-hydrogen) atoms. The van der Waals surface area contributed by atoms with Crippen molar-refractivity contribution in [3.8, 4) is 5.82 Å². The maximum Gasteiger partial charge on any atom is 0.272 e. The predicted molar refractivity (Wildman–Crippen MR) is 121 cm³/mol. The molecule has 1 fully saturated rings. The van der Waals surface area contributed by atoms with Crippen molar-refractivity contribution in [2.24, 2.45) is 0 Å². The molecule has 3 aromatic rings. The van der Waals surface area contributed by atoms with Crippen LogP contribution in [0.5, 0.6) is 0 Å². The molecule has 0 unspecified atom stereocenters. The summed E-state index contributed by atoms with van der Waals surface area (Å²) < 4.78 is 2.08. The molecule has 164 valence electrons. The molecule has 3 aromatic heterocycles. The number of amides is 2. The van der Waals surface area contributed by atoms with Gasteiger partial charge in [0.25, 0.3) is 5.91 Å². The maximum atomic E-state index is 13.2. The van der Waals surface area contributed by atoms with E-state index in [1.807, 2.05) is 49.2 Å². The first-order chi connectivity index (χ1) is 15.5. The Hall–Kier alpha value is -3.68. The highest BCUT2D eigenvalue weighted by Crippen LogP contribution is 2.46. The van der Waals surface area contributed by atoms with Crippen LogP contribution in [-0.2, 0) is 10.3 Å². The normalized spacial score (nSPS) is 19.2. The molecule has 0 radical (unpaired) electrons. The van der Waals surface area contributed by atoms with Crippen molar-refractivity contribution < 1.29 is 9.59 Å². The number of hydrogen-bond donors (Lipinski definition) is 1. The average molecular weight is 431 g/mol. The second-order valence-corrected chi connectivity index (χ2v) is 8.64. The molecule has 0 saturated carbocycles. The van der Waals surface area contributed by atoms with Gasteiger partial charge in [-0.2, -0.15) is 0 Å². The van der Waals surface area contributed by atoms with Crippen LogP contribution in [0.1, 0.15) is 36.5 Å². The number of hydrogen-bond acceptors (Lipinski definition) is 5. The number of carbonyl (C=O) groups is 2. The van der Waals surface area contributed by atoms with E-state index in [0.717, 1.165) is 17.2 Å². The Bertz CT molecular complexity index is 1160. The van der Waals surface area contributed by atoms with Gasteiger partial charge in [-0.1, -0.05) is 6.07 Å². The van der Waals surface area contributed by atoms with Gasteiger partial charge >= 0.3 is 0 Å². The third-order valence-electron chi connectivity index (χ3n) is 6.20. The van der Waals surface area contributed by atoms with E-state index in [9.17, 15) is 9.59 Å². The van der Waals surface area contributed by atoms with Crippen LogP contribution in [0.25, 0.3) is 5.82 Å². The first kappa shape index (κ1) is 20.2. The quantitative estimate of drug-likeness (QED) is 0.687. The van der Waals surface area contributed by atoms with Crippen molar-refractivity contribution in [2.45, 2.75) is 31.8 Å². The third kappa shape index (κ3) is 3.23. The molecule has 8 nitrogen and oxygen atoms in total. The van der Waals surface area contributed by atoms with E-state index in [4.69, 9.17) is 0 Å². The minimum Gasteiger partial charge on any atom is -0.352 e. The zero-order valence-corrected chi connectivity index (χ0v) is 18.2. The van der Waals surface area contributed by atoms with Gasteiger partial charge in [0.05, 0.1) is 17.9 Å². The van der Waals surface area contributed by atoms with Crippen LogP contribution in [0.4, 0.5) is 5.69 Å². The molecule has 1 saturated heterocycles. The molecule has 0 bridgehead atoms. The highest BCUT2D eigenvalue weighted by atomic mass is 16.2. The number of anilines is 1. The second kappa shape index (κ2) is 7.78. The van der Waals surface area contributed by atoms with Gasteiger partial charge in [-0.15, -0.1) is 0 Å². The fraction of sp³-hybridized carbons (Fsp3) is 0.333. The average Bonchev–Trinajstić information content (AvgIpc) is 3.45. The van der Waals surface area contributed by atoms with Crippen molar-refractivity contribution in [1.82, 2.24) is 24.8 Å². The number of likely N-dealkylation sites (tertiary alicyclic amines) is 1. The molecule has 2 amide bonds. The van der Waals surface area contributed by atoms with Crippen LogP contribution in [0.3, 0.4) is 0 Å². The second-order valence-electron chi connectivity index (χ2n) is 8.64. The smallest absolute Gasteiger partial charge is 0.272 e. The van der Waals surface area contributed by atoms with Crippen LogP contribution < -0.4 is 10.2 Å². The summed E-state index contributed by atoms with van der Waals surface area (Å²) in [5, 5.41) is 3.01. The summed E-state index contributed by atoms with van der Waals surface area (Å²) in [4.78, 5) is 38.9. The molecule has 1 spiro atoms. The molecule has 1 N–H and O–H groups in total. The van der Waals surface area contributed by atoms with Crippen LogP contribution in [0.15, 0.2) is 61.1 Å². The van der Waals surface area contributed by atoms with Gasteiger partial charge in [0.15, 0.2) is 5.82 Å². The minimum atomic E-state index is -0.529. The van der Waals surface area contributed by atoms with E-state index in [-0.39, 0.29) is 24.4 Å². The molecule has 8 heteroatoms. The maximum absolute atomic E-state index is 13.2. The largest absolute Gasteiger partial charge is 0.352 e. The molecule has 5 rings (SSSR count). The molecule has 5 heterocycles. The lowest BCUT2D eigenvalue weighted by Crippen LogP contribution is -2.56. The standard InChI is InChI=1S/C24H26N6O2/c1-17(2)27-21(31)15-30-19-8-5-12-26-22(19)29-13-6-9-20(29)24(30)10-14-28(16-24)23(32)18-7-3-4-11-25-18/h3-9,11-13,17H,10,14-16H2,1-2H3,(H,27,31)/t24-/m1/s1. The van der Waals surface area contributed by atoms with Crippen molar-refractivity contribution in [1.29, 1.82) is 0 Å². The summed E-state index contributed by atoms with van der Waals surface area (Å²) in [6, 6.07) is 13.4. The number of carbonyl (C=O) groups excluding carboxylic acids is 2. The number of nitrogens with zero attached hydrogens (tertiary/aromatic N) is 5. The summed E-state index contributed by atoms with van der Waals surface area (Å²) in [7, 11) is 0. The lowest BCUT2D eigenvalue weighted by atomic mass is 9.88. The number of pyridine rings is 2. The fourth-order valence-electron chi connectivity index (χ4n) is 4.89. The third-order valence-corrected chi connectivity index (χ3v) is 6.20. The van der Waals surface area contributed by atoms with E-state index in [2.05, 4.69) is 30.8 Å². The van der Waals surface area contributed by atoms with Gasteiger partial charge in [0.1, 0.15) is 11.2 Å². The van der Waals surface area contributed by atoms with Crippen molar-refractivity contribution in [2.75, 3.05) is 24.5 Å². The van der Waals surface area contributed by atoms with E-state index in [0.29, 0.717) is 25.2 Å². The Kier molecular flexibility index (Phi) is 4.92. The van der Waals surface area contributed by atoms with Crippen molar-refractivity contribution in [3.05, 3.63) is 72.4 Å². The van der Waals surface area contributed by atoms with Gasteiger partial charge in [-0.3, -0.25) is 14.6 Å². The summed E-state index contributed by atoms with van der Waals surface area (Å²) in [5.74, 6) is 0.651.